The number of likely N-dealkylation sites (tertiary alicyclic amines) is 1. The maximum Gasteiger partial charge on any atom is 0.263 e. The predicted molar refractivity (Wildman–Crippen MR) is 103 cm³/mol. The predicted octanol–water partition coefficient (Wildman–Crippen LogP) is 2.16. The van der Waals surface area contributed by atoms with Crippen LogP contribution in [0.1, 0.15) is 11.1 Å². The van der Waals surface area contributed by atoms with Gasteiger partial charge in [-0.1, -0.05) is 15.9 Å². The van der Waals surface area contributed by atoms with Crippen LogP contribution in [-0.2, 0) is 9.53 Å². The number of hydrogen-bond donors (Lipinski definition) is 3. The largest absolute Gasteiger partial charge is 0.380 e. The van der Waals surface area contributed by atoms with E-state index < -0.39 is 0 Å². The summed E-state index contributed by atoms with van der Waals surface area (Å²) in [4.78, 5) is 18.7. The van der Waals surface area contributed by atoms with Gasteiger partial charge in [-0.25, -0.2) is 0 Å². The molecule has 0 bridgehead atoms. The van der Waals surface area contributed by atoms with Gasteiger partial charge in [-0.05, 0) is 37.1 Å². The van der Waals surface area contributed by atoms with Gasteiger partial charge >= 0.3 is 0 Å². The first kappa shape index (κ1) is 17.2. The zero-order chi connectivity index (χ0) is 18.5. The molecule has 8 heteroatoms. The summed E-state index contributed by atoms with van der Waals surface area (Å²) in [6.45, 7) is 7.14. The smallest absolute Gasteiger partial charge is 0.263 e. The van der Waals surface area contributed by atoms with Gasteiger partial charge < -0.3 is 15.0 Å². The Labute approximate surface area is 160 Å². The zero-order valence-corrected chi connectivity index (χ0v) is 16.2. The third-order valence-corrected chi connectivity index (χ3v) is 5.43. The highest BCUT2D eigenvalue weighted by molar-refractivity contribution is 9.10. The minimum atomic E-state index is -0.314. The minimum Gasteiger partial charge on any atom is -0.380 e. The number of halogens is 1. The topological polar surface area (TPSA) is 89.8 Å². The second kappa shape index (κ2) is 6.21. The van der Waals surface area contributed by atoms with Crippen molar-refractivity contribution in [1.29, 1.82) is 5.41 Å². The normalized spacial score (nSPS) is 22.7. The number of amides is 1. The molecule has 1 aromatic carbocycles. The van der Waals surface area contributed by atoms with Gasteiger partial charge in [0.25, 0.3) is 5.91 Å². The average Bonchev–Trinajstić information content (AvgIpc) is 2.45. The second-order valence-electron chi connectivity index (χ2n) is 7.20. The van der Waals surface area contributed by atoms with Crippen LogP contribution < -0.4 is 10.6 Å². The average molecular weight is 418 g/mol. The first-order valence-electron chi connectivity index (χ1n) is 8.42. The van der Waals surface area contributed by atoms with Gasteiger partial charge in [0.15, 0.2) is 5.84 Å². The Kier molecular flexibility index (Phi) is 4.11. The van der Waals surface area contributed by atoms with Crippen LogP contribution >= 0.6 is 15.9 Å². The van der Waals surface area contributed by atoms with Gasteiger partial charge in [0.1, 0.15) is 0 Å². The Balaban J connectivity index is 1.49. The number of amidine groups is 1. The lowest BCUT2D eigenvalue weighted by Crippen LogP contribution is -2.69. The molecular formula is C18H20BrN5O2. The number of ether oxygens (including phenoxy) is 1. The van der Waals surface area contributed by atoms with E-state index in [1.54, 1.807) is 6.20 Å². The molecule has 0 radical (unpaired) electrons. The van der Waals surface area contributed by atoms with Crippen molar-refractivity contribution < 1.29 is 9.53 Å². The summed E-state index contributed by atoms with van der Waals surface area (Å²) in [6, 6.07) is 4.00. The fraction of sp³-hybridized carbons (Fsp3) is 0.389. The molecule has 3 N–H and O–H groups in total. The van der Waals surface area contributed by atoms with E-state index in [-0.39, 0.29) is 22.7 Å². The van der Waals surface area contributed by atoms with E-state index in [2.05, 4.69) is 31.6 Å². The van der Waals surface area contributed by atoms with Crippen molar-refractivity contribution in [3.05, 3.63) is 39.5 Å². The van der Waals surface area contributed by atoms with Crippen molar-refractivity contribution >= 4 is 39.3 Å². The molecule has 0 atom stereocenters. The first-order chi connectivity index (χ1) is 12.4. The summed E-state index contributed by atoms with van der Waals surface area (Å²) in [7, 11) is 0. The molecule has 0 aromatic heterocycles. The molecule has 2 saturated heterocycles. The number of carbonyl (C=O) groups excluding carboxylic acids is 1. The van der Waals surface area contributed by atoms with E-state index in [1.807, 2.05) is 30.9 Å². The highest BCUT2D eigenvalue weighted by atomic mass is 79.9. The molecule has 1 aromatic rings. The number of aryl methyl sites for hydroxylation is 2. The van der Waals surface area contributed by atoms with Crippen molar-refractivity contribution in [3.8, 4) is 0 Å². The number of rotatable bonds is 2. The van der Waals surface area contributed by atoms with Crippen molar-refractivity contribution in [1.82, 2.24) is 10.2 Å². The van der Waals surface area contributed by atoms with Crippen LogP contribution in [0.3, 0.4) is 0 Å². The van der Waals surface area contributed by atoms with E-state index in [4.69, 9.17) is 10.1 Å². The quantitative estimate of drug-likeness (QED) is 0.643. The third-order valence-electron chi connectivity index (χ3n) is 4.97. The van der Waals surface area contributed by atoms with Crippen molar-refractivity contribution in [2.45, 2.75) is 13.8 Å². The van der Waals surface area contributed by atoms with Crippen molar-refractivity contribution in [2.24, 2.45) is 10.4 Å². The molecule has 3 aliphatic heterocycles. The Morgan fingerprint density at radius 1 is 1.35 bits per heavy atom. The highest BCUT2D eigenvalue weighted by Crippen LogP contribution is 2.37. The first-order valence-corrected chi connectivity index (χ1v) is 9.21. The monoisotopic (exact) mass is 417 g/mol. The molecule has 7 nitrogen and oxygen atoms in total. The lowest BCUT2D eigenvalue weighted by Gasteiger charge is -2.55. The summed E-state index contributed by atoms with van der Waals surface area (Å²) in [5.74, 6) is 0.117. The maximum absolute atomic E-state index is 12.4. The van der Waals surface area contributed by atoms with Crippen LogP contribution in [0.4, 0.5) is 5.69 Å². The molecule has 0 saturated carbocycles. The number of carbonyl (C=O) groups is 1. The van der Waals surface area contributed by atoms with Crippen LogP contribution in [0.25, 0.3) is 0 Å². The fourth-order valence-corrected chi connectivity index (χ4v) is 4.21. The summed E-state index contributed by atoms with van der Waals surface area (Å²) < 4.78 is 6.27. The Morgan fingerprint density at radius 3 is 2.54 bits per heavy atom. The van der Waals surface area contributed by atoms with Crippen LogP contribution in [0, 0.1) is 24.7 Å². The third kappa shape index (κ3) is 2.93. The van der Waals surface area contributed by atoms with E-state index in [9.17, 15) is 4.79 Å². The molecule has 1 amide bonds. The summed E-state index contributed by atoms with van der Waals surface area (Å²) >= 11 is 3.47. The number of anilines is 1. The van der Waals surface area contributed by atoms with Gasteiger partial charge in [-0.15, -0.1) is 0 Å². The van der Waals surface area contributed by atoms with Crippen LogP contribution in [0.15, 0.2) is 33.4 Å². The summed E-state index contributed by atoms with van der Waals surface area (Å²) in [5, 5.41) is 14.1. The minimum absolute atomic E-state index is 0.0329. The Hall–Kier alpha value is -2.19. The number of nitrogens with zero attached hydrogens (tertiary/aromatic N) is 2. The number of hydrogen-bond acceptors (Lipinski definition) is 5. The second-order valence-corrected chi connectivity index (χ2v) is 8.12. The van der Waals surface area contributed by atoms with E-state index in [1.165, 1.54) is 0 Å². The lowest BCUT2D eigenvalue weighted by molar-refractivity contribution is -0.171. The zero-order valence-electron chi connectivity index (χ0n) is 14.6. The summed E-state index contributed by atoms with van der Waals surface area (Å²) in [6.07, 6.45) is 1.55. The van der Waals surface area contributed by atoms with Crippen molar-refractivity contribution in [2.75, 3.05) is 31.6 Å². The molecular weight excluding hydrogens is 398 g/mol. The molecule has 1 spiro atoms. The number of nitrogens with one attached hydrogen (secondary N) is 3. The van der Waals surface area contributed by atoms with Gasteiger partial charge in [0.05, 0.1) is 24.2 Å². The van der Waals surface area contributed by atoms with Gasteiger partial charge in [-0.2, -0.15) is 4.99 Å². The number of aliphatic imine (C=N–C) groups is 1. The molecule has 4 rings (SSSR count). The number of benzene rings is 1. The lowest BCUT2D eigenvalue weighted by atomic mass is 9.78. The Bertz CT molecular complexity index is 841. The van der Waals surface area contributed by atoms with Gasteiger partial charge in [0, 0.05) is 29.4 Å². The molecule has 0 aliphatic carbocycles. The van der Waals surface area contributed by atoms with Crippen LogP contribution in [0.2, 0.25) is 0 Å². The van der Waals surface area contributed by atoms with E-state index in [0.29, 0.717) is 5.96 Å². The fourth-order valence-electron chi connectivity index (χ4n) is 3.52. The van der Waals surface area contributed by atoms with Gasteiger partial charge in [0.2, 0.25) is 5.96 Å². The maximum atomic E-state index is 12.4. The standard InChI is InChI=1S/C18H20BrN5O2/c1-10-3-12(19)4-11(2)14(10)21-5-13-15(20)22-17(23-16(13)25)24-6-18(7-24)8-26-9-18/h3-5,21H,6-9H2,1-2H3,(H2,20,22,23,25)/b13-5+. The van der Waals surface area contributed by atoms with E-state index >= 15 is 0 Å². The number of guanidine groups is 1. The molecule has 136 valence electrons. The van der Waals surface area contributed by atoms with E-state index in [0.717, 1.165) is 47.6 Å². The molecule has 3 heterocycles. The molecule has 0 unspecified atom stereocenters. The highest BCUT2D eigenvalue weighted by Gasteiger charge is 2.50. The Morgan fingerprint density at radius 2 is 2.00 bits per heavy atom. The molecule has 2 fully saturated rings. The SMILES string of the molecule is Cc1cc(Br)cc(C)c1N/C=C1\C(=N)N=C(N2CC3(COC3)C2)NC1=O. The molecule has 26 heavy (non-hydrogen) atoms. The van der Waals surface area contributed by atoms with Crippen LogP contribution in [0.5, 0.6) is 0 Å². The molecule has 3 aliphatic rings. The van der Waals surface area contributed by atoms with Crippen molar-refractivity contribution in [3.63, 3.8) is 0 Å². The summed E-state index contributed by atoms with van der Waals surface area (Å²) in [5.41, 5.74) is 3.47. The van der Waals surface area contributed by atoms with Crippen LogP contribution in [-0.4, -0.2) is 48.9 Å². The van der Waals surface area contributed by atoms with Gasteiger partial charge in [-0.3, -0.25) is 15.5 Å².